The second-order valence-corrected chi connectivity index (χ2v) is 4.63. The Hall–Kier alpha value is -0.890. The molecule has 0 bridgehead atoms. The summed E-state index contributed by atoms with van der Waals surface area (Å²) < 4.78 is 0. The smallest absolute Gasteiger partial charge is 0.0299 e. The normalized spacial score (nSPS) is 13.1. The Labute approximate surface area is 92.9 Å². The summed E-state index contributed by atoms with van der Waals surface area (Å²) in [5.74, 6) is 0.759. The quantitative estimate of drug-likeness (QED) is 0.777. The maximum absolute atomic E-state index is 6.05. The summed E-state index contributed by atoms with van der Waals surface area (Å²) in [6, 6.07) is 4.43. The van der Waals surface area contributed by atoms with E-state index in [0.717, 1.165) is 25.2 Å². The second-order valence-electron chi connectivity index (χ2n) is 4.63. The van der Waals surface area contributed by atoms with Crippen LogP contribution in [-0.2, 0) is 6.42 Å². The molecule has 15 heavy (non-hydrogen) atoms. The molecule has 0 aromatic carbocycles. The molecule has 2 heteroatoms. The Bertz CT molecular complexity index is 256. The molecule has 0 aliphatic heterocycles. The summed E-state index contributed by atoms with van der Waals surface area (Å²) in [6.45, 7) is 4.49. The summed E-state index contributed by atoms with van der Waals surface area (Å²) in [5.41, 5.74) is 7.34. The van der Waals surface area contributed by atoms with Crippen molar-refractivity contribution < 1.29 is 0 Å². The van der Waals surface area contributed by atoms with Crippen LogP contribution in [-0.4, -0.2) is 11.0 Å². The van der Waals surface area contributed by atoms with Crippen LogP contribution < -0.4 is 5.73 Å². The van der Waals surface area contributed by atoms with Crippen molar-refractivity contribution in [3.05, 3.63) is 30.1 Å². The Morgan fingerprint density at radius 1 is 1.27 bits per heavy atom. The summed E-state index contributed by atoms with van der Waals surface area (Å²) in [4.78, 5) is 4.10. The Morgan fingerprint density at radius 2 is 2.07 bits per heavy atom. The number of nitrogens with two attached hydrogens (primary N) is 1. The van der Waals surface area contributed by atoms with E-state index in [0.29, 0.717) is 6.04 Å². The Morgan fingerprint density at radius 3 is 2.67 bits per heavy atom. The van der Waals surface area contributed by atoms with Crippen molar-refractivity contribution in [3.63, 3.8) is 0 Å². The van der Waals surface area contributed by atoms with Gasteiger partial charge in [-0.25, -0.2) is 0 Å². The fraction of sp³-hybridized carbons (Fsp3) is 0.615. The van der Waals surface area contributed by atoms with Crippen LogP contribution >= 0.6 is 0 Å². The average molecular weight is 206 g/mol. The van der Waals surface area contributed by atoms with E-state index in [1.807, 2.05) is 18.5 Å². The molecule has 1 atom stereocenters. The van der Waals surface area contributed by atoms with Crippen molar-refractivity contribution in [3.8, 4) is 0 Å². The highest BCUT2D eigenvalue weighted by Crippen LogP contribution is 2.10. The van der Waals surface area contributed by atoms with Gasteiger partial charge in [-0.1, -0.05) is 19.9 Å². The van der Waals surface area contributed by atoms with Crippen molar-refractivity contribution >= 4 is 0 Å². The third-order valence-corrected chi connectivity index (χ3v) is 2.64. The molecule has 1 unspecified atom stereocenters. The number of nitrogens with zero attached hydrogens (tertiary/aromatic N) is 1. The highest BCUT2D eigenvalue weighted by Gasteiger charge is 2.04. The van der Waals surface area contributed by atoms with Gasteiger partial charge in [0.15, 0.2) is 0 Å². The van der Waals surface area contributed by atoms with Crippen LogP contribution in [0.3, 0.4) is 0 Å². The molecule has 0 radical (unpaired) electrons. The van der Waals surface area contributed by atoms with Gasteiger partial charge in [0, 0.05) is 18.4 Å². The molecule has 0 fully saturated rings. The van der Waals surface area contributed by atoms with Gasteiger partial charge < -0.3 is 5.73 Å². The number of hydrogen-bond acceptors (Lipinski definition) is 2. The number of hydrogen-bond donors (Lipinski definition) is 1. The molecule has 0 spiro atoms. The minimum absolute atomic E-state index is 0.340. The van der Waals surface area contributed by atoms with Gasteiger partial charge in [0.2, 0.25) is 0 Å². The lowest BCUT2D eigenvalue weighted by Crippen LogP contribution is -2.21. The van der Waals surface area contributed by atoms with Crippen molar-refractivity contribution in [1.82, 2.24) is 4.98 Å². The maximum atomic E-state index is 6.05. The molecule has 84 valence electrons. The highest BCUT2D eigenvalue weighted by molar-refractivity contribution is 5.08. The lowest BCUT2D eigenvalue weighted by molar-refractivity contribution is 0.478. The van der Waals surface area contributed by atoms with Crippen molar-refractivity contribution in [2.75, 3.05) is 0 Å². The van der Waals surface area contributed by atoms with Crippen LogP contribution in [0.25, 0.3) is 0 Å². The highest BCUT2D eigenvalue weighted by atomic mass is 14.6. The number of aryl methyl sites for hydroxylation is 1. The van der Waals surface area contributed by atoms with Gasteiger partial charge in [0.05, 0.1) is 0 Å². The largest absolute Gasteiger partial charge is 0.328 e. The van der Waals surface area contributed by atoms with E-state index < -0.39 is 0 Å². The van der Waals surface area contributed by atoms with E-state index in [1.165, 1.54) is 12.0 Å². The summed E-state index contributed by atoms with van der Waals surface area (Å²) in [5, 5.41) is 0. The van der Waals surface area contributed by atoms with Gasteiger partial charge in [0.1, 0.15) is 0 Å². The van der Waals surface area contributed by atoms with Crippen LogP contribution in [0.5, 0.6) is 0 Å². The fourth-order valence-electron chi connectivity index (χ4n) is 1.59. The van der Waals surface area contributed by atoms with Crippen LogP contribution in [0.1, 0.15) is 38.7 Å². The molecule has 1 rings (SSSR count). The van der Waals surface area contributed by atoms with Crippen LogP contribution in [0.4, 0.5) is 0 Å². The van der Waals surface area contributed by atoms with Crippen molar-refractivity contribution in [2.24, 2.45) is 11.7 Å². The number of rotatable bonds is 6. The monoisotopic (exact) mass is 206 g/mol. The lowest BCUT2D eigenvalue weighted by Gasteiger charge is -2.12. The van der Waals surface area contributed by atoms with Crippen LogP contribution in [0, 0.1) is 5.92 Å². The number of pyridine rings is 1. The van der Waals surface area contributed by atoms with Gasteiger partial charge in [-0.05, 0) is 43.2 Å². The third-order valence-electron chi connectivity index (χ3n) is 2.64. The SMILES string of the molecule is CC(C)CCC(N)CCc1cccnc1. The van der Waals surface area contributed by atoms with E-state index in [4.69, 9.17) is 5.73 Å². The van der Waals surface area contributed by atoms with Gasteiger partial charge in [-0.15, -0.1) is 0 Å². The molecule has 0 amide bonds. The van der Waals surface area contributed by atoms with E-state index >= 15 is 0 Å². The maximum Gasteiger partial charge on any atom is 0.0299 e. The molecular weight excluding hydrogens is 184 g/mol. The minimum Gasteiger partial charge on any atom is -0.328 e. The van der Waals surface area contributed by atoms with Gasteiger partial charge >= 0.3 is 0 Å². The average Bonchev–Trinajstić information content (AvgIpc) is 2.25. The first kappa shape index (κ1) is 12.2. The van der Waals surface area contributed by atoms with Crippen molar-refractivity contribution in [2.45, 2.75) is 45.6 Å². The zero-order valence-corrected chi connectivity index (χ0v) is 9.82. The zero-order valence-electron chi connectivity index (χ0n) is 9.82. The molecule has 2 N–H and O–H groups in total. The first-order chi connectivity index (χ1) is 7.18. The molecule has 0 saturated carbocycles. The standard InChI is InChI=1S/C13H22N2/c1-11(2)5-7-13(14)8-6-12-4-3-9-15-10-12/h3-4,9-11,13H,5-8,14H2,1-2H3. The molecule has 0 aliphatic carbocycles. The first-order valence-corrected chi connectivity index (χ1v) is 5.83. The van der Waals surface area contributed by atoms with Gasteiger partial charge in [-0.2, -0.15) is 0 Å². The topological polar surface area (TPSA) is 38.9 Å². The predicted molar refractivity (Wildman–Crippen MR) is 64.6 cm³/mol. The summed E-state index contributed by atoms with van der Waals surface area (Å²) >= 11 is 0. The predicted octanol–water partition coefficient (Wildman–Crippen LogP) is 2.78. The van der Waals surface area contributed by atoms with E-state index in [2.05, 4.69) is 24.9 Å². The molecule has 0 saturated heterocycles. The molecular formula is C13H22N2. The molecule has 1 aromatic heterocycles. The molecule has 0 aliphatic rings. The van der Waals surface area contributed by atoms with E-state index in [-0.39, 0.29) is 0 Å². The van der Waals surface area contributed by atoms with Gasteiger partial charge in [-0.3, -0.25) is 4.98 Å². The van der Waals surface area contributed by atoms with Crippen molar-refractivity contribution in [1.29, 1.82) is 0 Å². The van der Waals surface area contributed by atoms with E-state index in [9.17, 15) is 0 Å². The second kappa shape index (κ2) is 6.57. The Balaban J connectivity index is 2.19. The van der Waals surface area contributed by atoms with E-state index in [1.54, 1.807) is 0 Å². The third kappa shape index (κ3) is 5.53. The Kier molecular flexibility index (Phi) is 5.33. The molecule has 1 aromatic rings. The van der Waals surface area contributed by atoms with Gasteiger partial charge in [0.25, 0.3) is 0 Å². The van der Waals surface area contributed by atoms with Crippen LogP contribution in [0.2, 0.25) is 0 Å². The summed E-state index contributed by atoms with van der Waals surface area (Å²) in [7, 11) is 0. The minimum atomic E-state index is 0.340. The molecule has 1 heterocycles. The fourth-order valence-corrected chi connectivity index (χ4v) is 1.59. The first-order valence-electron chi connectivity index (χ1n) is 5.83. The summed E-state index contributed by atoms with van der Waals surface area (Å²) in [6.07, 6.45) is 8.22. The number of aromatic nitrogens is 1. The van der Waals surface area contributed by atoms with Crippen LogP contribution in [0.15, 0.2) is 24.5 Å². The molecule has 2 nitrogen and oxygen atoms in total. The lowest BCUT2D eigenvalue weighted by atomic mass is 9.99. The zero-order chi connectivity index (χ0) is 11.1.